The predicted octanol–water partition coefficient (Wildman–Crippen LogP) is 0.512. The summed E-state index contributed by atoms with van der Waals surface area (Å²) >= 11 is 0. The first-order chi connectivity index (χ1) is 4.54. The van der Waals surface area contributed by atoms with Gasteiger partial charge in [-0.15, -0.1) is 0 Å². The summed E-state index contributed by atoms with van der Waals surface area (Å²) in [7, 11) is 0. The van der Waals surface area contributed by atoms with Crippen molar-refractivity contribution >= 4 is 11.9 Å². The van der Waals surface area contributed by atoms with E-state index in [-0.39, 0.29) is 17.1 Å². The van der Waals surface area contributed by atoms with Crippen LogP contribution in [0, 0.1) is 0 Å². The van der Waals surface area contributed by atoms with Crippen LogP contribution in [0.5, 0.6) is 0 Å². The molecule has 0 aromatic rings. The van der Waals surface area contributed by atoms with Crippen molar-refractivity contribution in [3.05, 3.63) is 25.3 Å². The Morgan fingerprint density at radius 1 is 1.00 bits per heavy atom. The Kier molecular flexibility index (Phi) is 17.5. The van der Waals surface area contributed by atoms with Gasteiger partial charge in [-0.2, -0.15) is 0 Å². The first-order valence-electron chi connectivity index (χ1n) is 2.25. The van der Waals surface area contributed by atoms with Gasteiger partial charge in [-0.3, -0.25) is 0 Å². The number of carbonyl (C=O) groups is 2. The number of carboxylic acids is 2. The summed E-state index contributed by atoms with van der Waals surface area (Å²) in [5.74, 6) is -1.96. The largest absolute Gasteiger partial charge is 0.478 e. The molecule has 5 heteroatoms. The summed E-state index contributed by atoms with van der Waals surface area (Å²) in [6.07, 6.45) is 1.67. The normalized spacial score (nSPS) is 5.82. The Hall–Kier alpha value is -1.06. The van der Waals surface area contributed by atoms with Gasteiger partial charge in [0, 0.05) is 29.2 Å². The molecule has 0 fully saturated rings. The van der Waals surface area contributed by atoms with Gasteiger partial charge in [-0.25, -0.2) is 9.59 Å². The summed E-state index contributed by atoms with van der Waals surface area (Å²) in [4.78, 5) is 18.5. The van der Waals surface area contributed by atoms with Crippen molar-refractivity contribution in [1.82, 2.24) is 0 Å². The Morgan fingerprint density at radius 3 is 1.09 bits per heavy atom. The van der Waals surface area contributed by atoms with Crippen molar-refractivity contribution in [2.24, 2.45) is 0 Å². The molecular weight excluding hydrogens is 200 g/mol. The molecule has 0 saturated carbocycles. The van der Waals surface area contributed by atoms with Crippen LogP contribution in [0.3, 0.4) is 0 Å². The van der Waals surface area contributed by atoms with Crippen molar-refractivity contribution in [2.45, 2.75) is 0 Å². The topological polar surface area (TPSA) is 74.6 Å². The third-order valence-electron chi connectivity index (χ3n) is 0.349. The summed E-state index contributed by atoms with van der Waals surface area (Å²) in [5.41, 5.74) is 0. The average Bonchev–Trinajstić information content (AvgIpc) is 1.89. The maximum absolute atomic E-state index is 9.25. The zero-order valence-electron chi connectivity index (χ0n) is 5.58. The third-order valence-corrected chi connectivity index (χ3v) is 0.349. The second kappa shape index (κ2) is 11.7. The van der Waals surface area contributed by atoms with E-state index in [1.165, 1.54) is 0 Å². The van der Waals surface area contributed by atoms with E-state index in [4.69, 9.17) is 10.2 Å². The number of hydrogen-bond acceptors (Lipinski definition) is 2. The zero-order chi connectivity index (χ0) is 8.57. The van der Waals surface area contributed by atoms with E-state index in [1.807, 2.05) is 0 Å². The van der Waals surface area contributed by atoms with E-state index in [0.717, 1.165) is 12.2 Å². The number of hydrogen-bond donors (Lipinski definition) is 2. The number of carboxylic acid groups (broad SMARTS) is 2. The van der Waals surface area contributed by atoms with Gasteiger partial charge in [0.2, 0.25) is 0 Å². The first-order valence-corrected chi connectivity index (χ1v) is 2.25. The molecular formula is C6H8CuO4. The van der Waals surface area contributed by atoms with Crippen LogP contribution in [-0.4, -0.2) is 22.2 Å². The molecule has 0 spiro atoms. The van der Waals surface area contributed by atoms with Crippen LogP contribution in [0.15, 0.2) is 25.3 Å². The molecule has 0 aromatic heterocycles. The monoisotopic (exact) mass is 207 g/mol. The second-order valence-corrected chi connectivity index (χ2v) is 1.08. The van der Waals surface area contributed by atoms with Crippen LogP contribution in [0.2, 0.25) is 0 Å². The molecule has 0 bridgehead atoms. The van der Waals surface area contributed by atoms with Crippen LogP contribution >= 0.6 is 0 Å². The molecule has 0 aliphatic rings. The van der Waals surface area contributed by atoms with E-state index in [2.05, 4.69) is 13.2 Å². The number of aliphatic carboxylic acids is 2. The summed E-state index contributed by atoms with van der Waals surface area (Å²) in [5, 5.41) is 15.2. The molecule has 1 radical (unpaired) electrons. The van der Waals surface area contributed by atoms with Crippen LogP contribution in [0.4, 0.5) is 0 Å². The van der Waals surface area contributed by atoms with E-state index in [1.54, 1.807) is 0 Å². The van der Waals surface area contributed by atoms with E-state index in [0.29, 0.717) is 0 Å². The van der Waals surface area contributed by atoms with Crippen LogP contribution in [0.25, 0.3) is 0 Å². The van der Waals surface area contributed by atoms with Gasteiger partial charge >= 0.3 is 11.9 Å². The maximum Gasteiger partial charge on any atom is 0.327 e. The molecule has 0 amide bonds. The minimum Gasteiger partial charge on any atom is -0.478 e. The molecule has 67 valence electrons. The third kappa shape index (κ3) is 49.8. The van der Waals surface area contributed by atoms with E-state index in [9.17, 15) is 9.59 Å². The molecule has 11 heavy (non-hydrogen) atoms. The van der Waals surface area contributed by atoms with Gasteiger partial charge in [0.25, 0.3) is 0 Å². The minimum atomic E-state index is -0.981. The van der Waals surface area contributed by atoms with Gasteiger partial charge in [0.1, 0.15) is 0 Å². The Morgan fingerprint density at radius 2 is 1.09 bits per heavy atom. The Bertz CT molecular complexity index is 135. The fraction of sp³-hybridized carbons (Fsp3) is 0. The van der Waals surface area contributed by atoms with Crippen LogP contribution in [0.1, 0.15) is 0 Å². The SMILES string of the molecule is C=CC(=O)O.C=CC(=O)O.[Cu]. The quantitative estimate of drug-likeness (QED) is 0.511. The molecule has 0 aromatic carbocycles. The van der Waals surface area contributed by atoms with Crippen molar-refractivity contribution in [3.63, 3.8) is 0 Å². The Balaban J connectivity index is -0.000000107. The van der Waals surface area contributed by atoms with E-state index >= 15 is 0 Å². The van der Waals surface area contributed by atoms with Gasteiger partial charge in [-0.05, 0) is 0 Å². The standard InChI is InChI=1S/2C3H4O2.Cu/c2*1-2-3(4)5;/h2*2H,1H2,(H,4,5);. The van der Waals surface area contributed by atoms with Crippen molar-refractivity contribution in [2.75, 3.05) is 0 Å². The van der Waals surface area contributed by atoms with Gasteiger partial charge in [-0.1, -0.05) is 13.2 Å². The molecule has 4 nitrogen and oxygen atoms in total. The van der Waals surface area contributed by atoms with Crippen molar-refractivity contribution in [3.8, 4) is 0 Å². The molecule has 0 unspecified atom stereocenters. The van der Waals surface area contributed by atoms with Crippen molar-refractivity contribution < 1.29 is 36.9 Å². The van der Waals surface area contributed by atoms with Gasteiger partial charge < -0.3 is 10.2 Å². The molecule has 0 atom stereocenters. The van der Waals surface area contributed by atoms with Gasteiger partial charge in [0.15, 0.2) is 0 Å². The second-order valence-electron chi connectivity index (χ2n) is 1.08. The fourth-order valence-electron chi connectivity index (χ4n) is 0. The fourth-order valence-corrected chi connectivity index (χ4v) is 0. The zero-order valence-corrected chi connectivity index (χ0v) is 6.52. The maximum atomic E-state index is 9.25. The van der Waals surface area contributed by atoms with Crippen LogP contribution < -0.4 is 0 Å². The van der Waals surface area contributed by atoms with E-state index < -0.39 is 11.9 Å². The smallest absolute Gasteiger partial charge is 0.327 e. The van der Waals surface area contributed by atoms with Crippen molar-refractivity contribution in [1.29, 1.82) is 0 Å². The molecule has 0 aliphatic heterocycles. The molecule has 0 rings (SSSR count). The summed E-state index contributed by atoms with van der Waals surface area (Å²) in [6.45, 7) is 5.92. The molecule has 2 N–H and O–H groups in total. The Labute approximate surface area is 74.7 Å². The number of rotatable bonds is 2. The average molecular weight is 208 g/mol. The molecule has 0 heterocycles. The minimum absolute atomic E-state index is 0. The molecule has 0 aliphatic carbocycles. The predicted molar refractivity (Wildman–Crippen MR) is 35.7 cm³/mol. The van der Waals surface area contributed by atoms with Gasteiger partial charge in [0.05, 0.1) is 0 Å². The molecule has 0 saturated heterocycles. The first kappa shape index (κ1) is 16.5. The summed E-state index contributed by atoms with van der Waals surface area (Å²) in [6, 6.07) is 0. The summed E-state index contributed by atoms with van der Waals surface area (Å²) < 4.78 is 0. The van der Waals surface area contributed by atoms with Crippen LogP contribution in [-0.2, 0) is 26.7 Å².